The predicted octanol–water partition coefficient (Wildman–Crippen LogP) is 2.48. The largest absolute Gasteiger partial charge is 0.493 e. The van der Waals surface area contributed by atoms with Gasteiger partial charge in [-0.25, -0.2) is 0 Å². The van der Waals surface area contributed by atoms with E-state index in [0.717, 1.165) is 25.9 Å². The van der Waals surface area contributed by atoms with Crippen molar-refractivity contribution in [2.24, 2.45) is 0 Å². The van der Waals surface area contributed by atoms with Gasteiger partial charge in [0.2, 0.25) is 0 Å². The number of alkyl halides is 2. The number of likely N-dealkylation sites (N-methyl/N-ethyl adjacent to an activating group) is 1. The Bertz CT molecular complexity index is 457. The van der Waals surface area contributed by atoms with Crippen molar-refractivity contribution in [3.63, 3.8) is 0 Å². The first kappa shape index (κ1) is 16.0. The van der Waals surface area contributed by atoms with Crippen molar-refractivity contribution in [1.82, 2.24) is 10.2 Å². The molecule has 0 radical (unpaired) electrons. The molecule has 1 aromatic rings. The Morgan fingerprint density at radius 3 is 2.90 bits per heavy atom. The van der Waals surface area contributed by atoms with Gasteiger partial charge in [0.25, 0.3) is 0 Å². The van der Waals surface area contributed by atoms with Gasteiger partial charge in [-0.05, 0) is 32.5 Å². The van der Waals surface area contributed by atoms with Crippen molar-refractivity contribution in [2.45, 2.75) is 32.0 Å². The Hall–Kier alpha value is -1.40. The molecule has 1 aliphatic heterocycles. The SMILES string of the molecule is COc1cccc(CNC2CCCN(C)C2)c1OC(F)F. The predicted molar refractivity (Wildman–Crippen MR) is 77.0 cm³/mol. The van der Waals surface area contributed by atoms with Crippen molar-refractivity contribution in [3.05, 3.63) is 23.8 Å². The van der Waals surface area contributed by atoms with Gasteiger partial charge in [0, 0.05) is 24.7 Å². The second kappa shape index (κ2) is 7.56. The highest BCUT2D eigenvalue weighted by Gasteiger charge is 2.19. The Balaban J connectivity index is 2.04. The van der Waals surface area contributed by atoms with Crippen LogP contribution in [0, 0.1) is 0 Å². The summed E-state index contributed by atoms with van der Waals surface area (Å²) >= 11 is 0. The fraction of sp³-hybridized carbons (Fsp3) is 0.600. The number of nitrogens with zero attached hydrogens (tertiary/aromatic N) is 1. The highest BCUT2D eigenvalue weighted by atomic mass is 19.3. The Morgan fingerprint density at radius 2 is 2.24 bits per heavy atom. The minimum atomic E-state index is -2.86. The minimum Gasteiger partial charge on any atom is -0.493 e. The molecule has 4 nitrogen and oxygen atoms in total. The summed E-state index contributed by atoms with van der Waals surface area (Å²) in [5, 5.41) is 3.41. The summed E-state index contributed by atoms with van der Waals surface area (Å²) in [7, 11) is 3.53. The van der Waals surface area contributed by atoms with Crippen LogP contribution in [0.5, 0.6) is 11.5 Å². The molecule has 1 aromatic carbocycles. The van der Waals surface area contributed by atoms with E-state index in [9.17, 15) is 8.78 Å². The number of methoxy groups -OCH3 is 1. The highest BCUT2D eigenvalue weighted by molar-refractivity contribution is 5.46. The number of benzene rings is 1. The van der Waals surface area contributed by atoms with Crippen molar-refractivity contribution in [1.29, 1.82) is 0 Å². The molecule has 0 amide bonds. The second-order valence-electron chi connectivity index (χ2n) is 5.31. The summed E-state index contributed by atoms with van der Waals surface area (Å²) in [4.78, 5) is 2.27. The maximum atomic E-state index is 12.6. The Morgan fingerprint density at radius 1 is 1.43 bits per heavy atom. The zero-order valence-electron chi connectivity index (χ0n) is 12.4. The number of ether oxygens (including phenoxy) is 2. The normalized spacial score (nSPS) is 19.8. The molecule has 0 aromatic heterocycles. The standard InChI is InChI=1S/C15H22F2N2O2/c1-19-8-4-6-12(10-19)18-9-11-5-3-7-13(20-2)14(11)21-15(16)17/h3,5,7,12,15,18H,4,6,8-10H2,1-2H3. The number of piperidine rings is 1. The zero-order chi connectivity index (χ0) is 15.2. The molecule has 2 rings (SSSR count). The van der Waals surface area contributed by atoms with E-state index in [1.807, 2.05) is 0 Å². The van der Waals surface area contributed by atoms with E-state index < -0.39 is 6.61 Å². The molecule has 0 saturated carbocycles. The first-order valence-corrected chi connectivity index (χ1v) is 7.12. The van der Waals surface area contributed by atoms with E-state index in [4.69, 9.17) is 4.74 Å². The molecular formula is C15H22F2N2O2. The number of para-hydroxylation sites is 1. The van der Waals surface area contributed by atoms with Gasteiger partial charge in [0.15, 0.2) is 11.5 Å². The lowest BCUT2D eigenvalue weighted by molar-refractivity contribution is -0.0519. The number of hydrogen-bond donors (Lipinski definition) is 1. The minimum absolute atomic E-state index is 0.117. The van der Waals surface area contributed by atoms with Crippen LogP contribution in [-0.4, -0.2) is 44.8 Å². The Labute approximate surface area is 124 Å². The van der Waals surface area contributed by atoms with Gasteiger partial charge in [0.1, 0.15) is 0 Å². The maximum absolute atomic E-state index is 12.6. The molecule has 1 saturated heterocycles. The maximum Gasteiger partial charge on any atom is 0.387 e. The van der Waals surface area contributed by atoms with Gasteiger partial charge in [-0.3, -0.25) is 0 Å². The smallest absolute Gasteiger partial charge is 0.387 e. The number of rotatable bonds is 6. The van der Waals surface area contributed by atoms with Crippen molar-refractivity contribution < 1.29 is 18.3 Å². The summed E-state index contributed by atoms with van der Waals surface area (Å²) in [5.74, 6) is 0.446. The van der Waals surface area contributed by atoms with Crippen LogP contribution in [0.2, 0.25) is 0 Å². The molecule has 6 heteroatoms. The molecule has 1 unspecified atom stereocenters. The monoisotopic (exact) mass is 300 g/mol. The lowest BCUT2D eigenvalue weighted by Crippen LogP contribution is -2.43. The summed E-state index contributed by atoms with van der Waals surface area (Å²) < 4.78 is 34.8. The molecule has 0 aliphatic carbocycles. The summed E-state index contributed by atoms with van der Waals surface area (Å²) in [6.07, 6.45) is 2.24. The fourth-order valence-corrected chi connectivity index (χ4v) is 2.67. The van der Waals surface area contributed by atoms with E-state index in [2.05, 4.69) is 22.0 Å². The fourth-order valence-electron chi connectivity index (χ4n) is 2.67. The third-order valence-corrected chi connectivity index (χ3v) is 3.69. The van der Waals surface area contributed by atoms with Crippen molar-refractivity contribution in [3.8, 4) is 11.5 Å². The third kappa shape index (κ3) is 4.54. The van der Waals surface area contributed by atoms with Crippen molar-refractivity contribution >= 4 is 0 Å². The average molecular weight is 300 g/mol. The van der Waals surface area contributed by atoms with Gasteiger partial charge >= 0.3 is 6.61 Å². The van der Waals surface area contributed by atoms with Gasteiger partial charge < -0.3 is 19.7 Å². The molecule has 1 atom stereocenters. The molecule has 1 heterocycles. The van der Waals surface area contributed by atoms with Crippen LogP contribution in [0.25, 0.3) is 0 Å². The van der Waals surface area contributed by atoms with E-state index in [0.29, 0.717) is 23.9 Å². The molecule has 1 fully saturated rings. The van der Waals surface area contributed by atoms with E-state index in [-0.39, 0.29) is 5.75 Å². The van der Waals surface area contributed by atoms with Crippen LogP contribution >= 0.6 is 0 Å². The van der Waals surface area contributed by atoms with Crippen LogP contribution in [0.15, 0.2) is 18.2 Å². The van der Waals surface area contributed by atoms with Gasteiger partial charge in [-0.15, -0.1) is 0 Å². The molecule has 21 heavy (non-hydrogen) atoms. The first-order valence-electron chi connectivity index (χ1n) is 7.12. The Kier molecular flexibility index (Phi) is 5.76. The van der Waals surface area contributed by atoms with Gasteiger partial charge in [-0.2, -0.15) is 8.78 Å². The lowest BCUT2D eigenvalue weighted by Gasteiger charge is -2.30. The van der Waals surface area contributed by atoms with Crippen molar-refractivity contribution in [2.75, 3.05) is 27.2 Å². The van der Waals surface area contributed by atoms with Crippen LogP contribution in [0.3, 0.4) is 0 Å². The highest BCUT2D eigenvalue weighted by Crippen LogP contribution is 2.32. The quantitative estimate of drug-likeness (QED) is 0.875. The molecule has 0 bridgehead atoms. The van der Waals surface area contributed by atoms with Crippen LogP contribution in [-0.2, 0) is 6.54 Å². The number of likely N-dealkylation sites (tertiary alicyclic amines) is 1. The third-order valence-electron chi connectivity index (χ3n) is 3.69. The molecule has 1 aliphatic rings. The number of hydrogen-bond acceptors (Lipinski definition) is 4. The second-order valence-corrected chi connectivity index (χ2v) is 5.31. The molecule has 1 N–H and O–H groups in total. The molecule has 118 valence electrons. The molecule has 0 spiro atoms. The van der Waals surface area contributed by atoms with E-state index in [1.165, 1.54) is 7.11 Å². The summed E-state index contributed by atoms with van der Waals surface area (Å²) in [5.41, 5.74) is 0.683. The van der Waals surface area contributed by atoms with Gasteiger partial charge in [-0.1, -0.05) is 12.1 Å². The van der Waals surface area contributed by atoms with Gasteiger partial charge in [0.05, 0.1) is 7.11 Å². The first-order chi connectivity index (χ1) is 10.1. The van der Waals surface area contributed by atoms with E-state index >= 15 is 0 Å². The lowest BCUT2D eigenvalue weighted by atomic mass is 10.1. The topological polar surface area (TPSA) is 33.7 Å². The average Bonchev–Trinajstić information content (AvgIpc) is 2.45. The zero-order valence-corrected chi connectivity index (χ0v) is 12.4. The van der Waals surface area contributed by atoms with Crippen LogP contribution < -0.4 is 14.8 Å². The van der Waals surface area contributed by atoms with Crippen LogP contribution in [0.4, 0.5) is 8.78 Å². The van der Waals surface area contributed by atoms with Crippen LogP contribution in [0.1, 0.15) is 18.4 Å². The summed E-state index contributed by atoms with van der Waals surface area (Å²) in [6.45, 7) is -0.301. The number of nitrogens with one attached hydrogen (secondary N) is 1. The molecular weight excluding hydrogens is 278 g/mol. The van der Waals surface area contributed by atoms with E-state index in [1.54, 1.807) is 18.2 Å². The summed E-state index contributed by atoms with van der Waals surface area (Å²) in [6, 6.07) is 5.55. The number of halogens is 2.